The first kappa shape index (κ1) is 27.0. The summed E-state index contributed by atoms with van der Waals surface area (Å²) < 4.78 is 43.1. The monoisotopic (exact) mass is 525 g/mol. The number of nitrogens with one attached hydrogen (secondary N) is 3. The van der Waals surface area contributed by atoms with E-state index in [-0.39, 0.29) is 23.2 Å². The highest BCUT2D eigenvalue weighted by Crippen LogP contribution is 2.26. The summed E-state index contributed by atoms with van der Waals surface area (Å²) in [6, 6.07) is 10.8. The minimum absolute atomic E-state index is 0.103. The van der Waals surface area contributed by atoms with Crippen LogP contribution in [0.1, 0.15) is 34.5 Å². The maximum absolute atomic E-state index is 12.8. The lowest BCUT2D eigenvalue weighted by molar-refractivity contribution is -0.205. The van der Waals surface area contributed by atoms with E-state index in [1.807, 2.05) is 6.92 Å². The van der Waals surface area contributed by atoms with Crippen molar-refractivity contribution in [3.05, 3.63) is 70.4 Å². The van der Waals surface area contributed by atoms with Crippen molar-refractivity contribution in [3.63, 3.8) is 0 Å². The minimum atomic E-state index is -5.14. The molecule has 0 unspecified atom stereocenters. The molecule has 1 amide bonds. The predicted molar refractivity (Wildman–Crippen MR) is 126 cm³/mol. The zero-order valence-corrected chi connectivity index (χ0v) is 19.7. The van der Waals surface area contributed by atoms with Gasteiger partial charge in [0.05, 0.1) is 11.1 Å². The molecule has 12 heteroatoms. The van der Waals surface area contributed by atoms with Crippen molar-refractivity contribution in [2.75, 3.05) is 13.1 Å². The van der Waals surface area contributed by atoms with Gasteiger partial charge in [-0.25, -0.2) is 4.79 Å². The number of benzene rings is 2. The molecule has 0 fully saturated rings. The highest BCUT2D eigenvalue weighted by atomic mass is 35.5. The van der Waals surface area contributed by atoms with Gasteiger partial charge < -0.3 is 25.5 Å². The van der Waals surface area contributed by atoms with E-state index in [1.165, 1.54) is 12.1 Å². The number of hydrogen-bond acceptors (Lipinski definition) is 5. The molecule has 0 radical (unpaired) electrons. The molecule has 3 aromatic rings. The molecular formula is C24H23ClF3N3O5. The number of rotatable bonds is 10. The van der Waals surface area contributed by atoms with Crippen LogP contribution < -0.4 is 10.6 Å². The van der Waals surface area contributed by atoms with Gasteiger partial charge in [-0.3, -0.25) is 9.59 Å². The number of carboxylic acid groups (broad SMARTS) is 1. The van der Waals surface area contributed by atoms with E-state index < -0.39 is 36.7 Å². The van der Waals surface area contributed by atoms with Crippen LogP contribution in [-0.4, -0.2) is 53.2 Å². The van der Waals surface area contributed by atoms with Crippen LogP contribution in [0.4, 0.5) is 13.2 Å². The summed E-state index contributed by atoms with van der Waals surface area (Å²) in [5.74, 6) is -4.01. The molecule has 0 saturated carbocycles. The van der Waals surface area contributed by atoms with E-state index >= 15 is 0 Å². The molecule has 0 spiro atoms. The van der Waals surface area contributed by atoms with Gasteiger partial charge in [0.15, 0.2) is 0 Å². The van der Waals surface area contributed by atoms with Crippen LogP contribution in [0.5, 0.6) is 0 Å². The zero-order valence-electron chi connectivity index (χ0n) is 19.0. The number of para-hydroxylation sites is 1. The van der Waals surface area contributed by atoms with E-state index in [2.05, 4.69) is 15.6 Å². The van der Waals surface area contributed by atoms with E-state index in [0.29, 0.717) is 17.5 Å². The van der Waals surface area contributed by atoms with Crippen molar-refractivity contribution >= 4 is 40.3 Å². The fourth-order valence-electron chi connectivity index (χ4n) is 3.66. The molecule has 8 nitrogen and oxygen atoms in total. The number of amides is 1. The summed E-state index contributed by atoms with van der Waals surface area (Å²) in [4.78, 5) is 37.6. The number of fused-ring (bicyclic) bond motifs is 1. The van der Waals surface area contributed by atoms with Crippen LogP contribution in [-0.2, 0) is 20.7 Å². The molecule has 0 saturated heterocycles. The Morgan fingerprint density at radius 2 is 1.89 bits per heavy atom. The fraction of sp³-hybridized carbons (Fsp3) is 0.292. The Morgan fingerprint density at radius 1 is 1.17 bits per heavy atom. The highest BCUT2D eigenvalue weighted by Gasteiger charge is 2.42. The Hall–Kier alpha value is -3.57. The van der Waals surface area contributed by atoms with Crippen molar-refractivity contribution in [3.8, 4) is 0 Å². The summed E-state index contributed by atoms with van der Waals surface area (Å²) in [5.41, 5.74) is 1.94. The number of esters is 1. The average molecular weight is 526 g/mol. The number of H-pyrrole nitrogens is 1. The first-order valence-corrected chi connectivity index (χ1v) is 11.2. The lowest BCUT2D eigenvalue weighted by Gasteiger charge is -2.22. The lowest BCUT2D eigenvalue weighted by atomic mass is 10.0. The number of alkyl halides is 3. The van der Waals surface area contributed by atoms with E-state index in [0.717, 1.165) is 10.9 Å². The van der Waals surface area contributed by atoms with Crippen LogP contribution in [0, 0.1) is 0 Å². The molecular weight excluding hydrogens is 503 g/mol. The molecule has 192 valence electrons. The maximum atomic E-state index is 12.8. The molecule has 2 aromatic carbocycles. The van der Waals surface area contributed by atoms with Crippen LogP contribution >= 0.6 is 11.6 Å². The summed E-state index contributed by atoms with van der Waals surface area (Å²) in [7, 11) is 0. The van der Waals surface area contributed by atoms with Gasteiger partial charge in [0, 0.05) is 29.2 Å². The van der Waals surface area contributed by atoms with Crippen molar-refractivity contribution in [1.82, 2.24) is 15.6 Å². The van der Waals surface area contributed by atoms with Crippen LogP contribution in [0.3, 0.4) is 0 Å². The number of hydrogen-bond donors (Lipinski definition) is 4. The fourth-order valence-corrected chi connectivity index (χ4v) is 3.86. The quantitative estimate of drug-likeness (QED) is 0.297. The molecule has 2 atom stereocenters. The van der Waals surface area contributed by atoms with E-state index in [9.17, 15) is 27.6 Å². The molecule has 4 N–H and O–H groups in total. The molecule has 3 rings (SSSR count). The second-order valence-electron chi connectivity index (χ2n) is 8.08. The molecule has 36 heavy (non-hydrogen) atoms. The summed E-state index contributed by atoms with van der Waals surface area (Å²) in [6.07, 6.45) is -4.24. The summed E-state index contributed by atoms with van der Waals surface area (Å²) in [6.45, 7) is 1.19. The normalized spacial score (nSPS) is 13.2. The van der Waals surface area contributed by atoms with Gasteiger partial charge in [-0.15, -0.1) is 0 Å². The van der Waals surface area contributed by atoms with Gasteiger partial charge in [0.2, 0.25) is 0 Å². The van der Waals surface area contributed by atoms with Gasteiger partial charge in [-0.05, 0) is 42.7 Å². The summed E-state index contributed by atoms with van der Waals surface area (Å²) in [5, 5.41) is 15.2. The number of carbonyl (C=O) groups is 3. The second kappa shape index (κ2) is 11.4. The third kappa shape index (κ3) is 6.98. The largest absolute Gasteiger partial charge is 0.490 e. The molecule has 1 aromatic heterocycles. The van der Waals surface area contributed by atoms with Crippen molar-refractivity contribution in [2.24, 2.45) is 0 Å². The van der Waals surface area contributed by atoms with Gasteiger partial charge >= 0.3 is 18.1 Å². The molecule has 1 heterocycles. The summed E-state index contributed by atoms with van der Waals surface area (Å²) >= 11 is 5.95. The SMILES string of the molecule is C[C@H](Cc1c[nH]c2c(C(=O)NCC(=O)O)cccc12)NC[C@H](OC(=O)C(F)(F)F)c1cccc(Cl)c1. The second-order valence-corrected chi connectivity index (χ2v) is 8.52. The number of carboxylic acids is 1. The number of aliphatic carboxylic acids is 1. The molecule has 0 bridgehead atoms. The average Bonchev–Trinajstić information content (AvgIpc) is 3.22. The third-order valence-electron chi connectivity index (χ3n) is 5.32. The Balaban J connectivity index is 1.72. The number of halogens is 4. The number of aromatic amines is 1. The zero-order chi connectivity index (χ0) is 26.5. The van der Waals surface area contributed by atoms with Gasteiger partial charge in [-0.1, -0.05) is 35.9 Å². The molecule has 0 aliphatic rings. The number of aromatic nitrogens is 1. The number of carbonyl (C=O) groups excluding carboxylic acids is 2. The lowest BCUT2D eigenvalue weighted by Crippen LogP contribution is -2.35. The van der Waals surface area contributed by atoms with Crippen molar-refractivity contribution in [1.29, 1.82) is 0 Å². The first-order valence-electron chi connectivity index (χ1n) is 10.8. The van der Waals surface area contributed by atoms with Crippen LogP contribution in [0.25, 0.3) is 10.9 Å². The molecule has 0 aliphatic carbocycles. The van der Waals surface area contributed by atoms with Gasteiger partial charge in [-0.2, -0.15) is 13.2 Å². The van der Waals surface area contributed by atoms with Gasteiger partial charge in [0.25, 0.3) is 5.91 Å². The van der Waals surface area contributed by atoms with E-state index in [4.69, 9.17) is 21.4 Å². The van der Waals surface area contributed by atoms with E-state index in [1.54, 1.807) is 36.5 Å². The Morgan fingerprint density at radius 3 is 2.56 bits per heavy atom. The van der Waals surface area contributed by atoms with Crippen LogP contribution in [0.15, 0.2) is 48.7 Å². The van der Waals surface area contributed by atoms with Crippen molar-refractivity contribution in [2.45, 2.75) is 31.7 Å². The standard InChI is InChI=1S/C24H23ClF3N3O5/c1-13(29-11-19(36-23(35)24(26,27)28)14-4-2-5-16(25)9-14)8-15-10-30-21-17(15)6-3-7-18(21)22(34)31-12-20(32)33/h2-7,9-10,13,19,29-30H,8,11-12H2,1H3,(H,31,34)(H,32,33)/t13-,19+/m1/s1. The first-order chi connectivity index (χ1) is 17.0. The Labute approximate surface area is 208 Å². The van der Waals surface area contributed by atoms with Gasteiger partial charge in [0.1, 0.15) is 12.6 Å². The Kier molecular flexibility index (Phi) is 8.59. The molecule has 0 aliphatic heterocycles. The van der Waals surface area contributed by atoms with Crippen molar-refractivity contribution < 1.29 is 37.4 Å². The van der Waals surface area contributed by atoms with Crippen LogP contribution in [0.2, 0.25) is 5.02 Å². The maximum Gasteiger partial charge on any atom is 0.490 e. The third-order valence-corrected chi connectivity index (χ3v) is 5.56. The smallest absolute Gasteiger partial charge is 0.480 e. The minimum Gasteiger partial charge on any atom is -0.480 e. The highest BCUT2D eigenvalue weighted by molar-refractivity contribution is 6.30. The predicted octanol–water partition coefficient (Wildman–Crippen LogP) is 4.00. The Bertz CT molecular complexity index is 1260. The number of ether oxygens (including phenoxy) is 1. The topological polar surface area (TPSA) is 121 Å².